The van der Waals surface area contributed by atoms with Crippen LogP contribution in [0.1, 0.15) is 70.4 Å². The molecule has 37 heavy (non-hydrogen) atoms. The molecular formula is C27H35F3N4O2S. The smallest absolute Gasteiger partial charge is 0.348 e. The Kier molecular flexibility index (Phi) is 7.97. The minimum atomic E-state index is -4.65. The lowest BCUT2D eigenvalue weighted by Crippen LogP contribution is -2.42. The van der Waals surface area contributed by atoms with E-state index in [1.807, 2.05) is 19.9 Å². The Bertz CT molecular complexity index is 1180. The lowest BCUT2D eigenvalue weighted by Gasteiger charge is -2.47. The summed E-state index contributed by atoms with van der Waals surface area (Å²) in [6.07, 6.45) is 1.82. The van der Waals surface area contributed by atoms with E-state index in [1.54, 1.807) is 12.1 Å². The first kappa shape index (κ1) is 27.5. The molecule has 2 heterocycles. The van der Waals surface area contributed by atoms with Gasteiger partial charge in [-0.15, -0.1) is 0 Å². The second kappa shape index (κ2) is 10.7. The molecule has 1 aliphatic carbocycles. The lowest BCUT2D eigenvalue weighted by atomic mass is 9.64. The molecule has 1 aromatic heterocycles. The summed E-state index contributed by atoms with van der Waals surface area (Å²) in [7, 11) is -1.11. The third-order valence-corrected chi connectivity index (χ3v) is 9.34. The van der Waals surface area contributed by atoms with Crippen LogP contribution in [0.25, 0.3) is 0 Å². The molecular weight excluding hydrogens is 501 g/mol. The summed E-state index contributed by atoms with van der Waals surface area (Å²) < 4.78 is 54.3. The molecule has 2 unspecified atom stereocenters. The predicted octanol–water partition coefficient (Wildman–Crippen LogP) is 6.43. The third-order valence-electron chi connectivity index (χ3n) is 7.68. The van der Waals surface area contributed by atoms with E-state index in [4.69, 9.17) is 0 Å². The first-order valence-corrected chi connectivity index (χ1v) is 14.1. The minimum Gasteiger partial charge on any atom is -0.348 e. The maximum Gasteiger partial charge on any atom is 0.421 e. The molecule has 0 amide bonds. The van der Waals surface area contributed by atoms with Crippen molar-refractivity contribution < 1.29 is 22.2 Å². The quantitative estimate of drug-likeness (QED) is 0.419. The number of benzene rings is 1. The number of aryl methyl sites for hydroxylation is 1. The van der Waals surface area contributed by atoms with Crippen LogP contribution in [-0.4, -0.2) is 38.3 Å². The minimum absolute atomic E-state index is 0.0111. The van der Waals surface area contributed by atoms with Gasteiger partial charge in [0.2, 0.25) is 5.95 Å². The molecule has 2 aromatic rings. The average molecular weight is 537 g/mol. The van der Waals surface area contributed by atoms with Crippen LogP contribution >= 0.6 is 0 Å². The number of nitrogens with zero attached hydrogens (tertiary/aromatic N) is 3. The van der Waals surface area contributed by atoms with E-state index in [2.05, 4.69) is 29.1 Å². The van der Waals surface area contributed by atoms with Gasteiger partial charge in [0.25, 0.3) is 0 Å². The Morgan fingerprint density at radius 2 is 1.97 bits per heavy atom. The predicted molar refractivity (Wildman–Crippen MR) is 140 cm³/mol. The molecule has 202 valence electrons. The fourth-order valence-corrected chi connectivity index (χ4v) is 7.57. The third kappa shape index (κ3) is 5.99. The van der Waals surface area contributed by atoms with E-state index in [1.165, 1.54) is 11.3 Å². The number of aromatic nitrogens is 2. The molecule has 0 spiro atoms. The Hall–Kier alpha value is -2.49. The fourth-order valence-electron chi connectivity index (χ4n) is 5.68. The lowest BCUT2D eigenvalue weighted by molar-refractivity contribution is -0.137. The highest BCUT2D eigenvalue weighted by atomic mass is 32.2. The normalized spacial score (nSPS) is 25.1. The van der Waals surface area contributed by atoms with Crippen LogP contribution in [-0.2, 0) is 21.8 Å². The largest absolute Gasteiger partial charge is 0.421 e. The van der Waals surface area contributed by atoms with Gasteiger partial charge in [0.1, 0.15) is 11.4 Å². The zero-order valence-electron chi connectivity index (χ0n) is 21.8. The van der Waals surface area contributed by atoms with Gasteiger partial charge in [-0.3, -0.25) is 9.00 Å². The maximum absolute atomic E-state index is 13.7. The van der Waals surface area contributed by atoms with Gasteiger partial charge in [0.15, 0.2) is 5.78 Å². The number of rotatable bonds is 8. The van der Waals surface area contributed by atoms with Gasteiger partial charge in [-0.05, 0) is 61.3 Å². The first-order chi connectivity index (χ1) is 17.4. The van der Waals surface area contributed by atoms with Crippen molar-refractivity contribution in [1.82, 2.24) is 9.97 Å². The number of piperidine rings is 1. The summed E-state index contributed by atoms with van der Waals surface area (Å²) >= 11 is 0. The van der Waals surface area contributed by atoms with Gasteiger partial charge in [0.05, 0.1) is 17.3 Å². The number of hydrogen-bond acceptors (Lipinski definition) is 6. The van der Waals surface area contributed by atoms with Crippen molar-refractivity contribution in [1.29, 1.82) is 0 Å². The number of Topliss-reactive ketones (excluding diaryl/α,β-unsaturated/α-hetero) is 1. The molecule has 1 saturated carbocycles. The summed E-state index contributed by atoms with van der Waals surface area (Å²) in [4.78, 5) is 22.3. The number of alkyl halides is 3. The summed E-state index contributed by atoms with van der Waals surface area (Å²) in [5.74, 6) is -0.463. The van der Waals surface area contributed by atoms with Gasteiger partial charge in [0, 0.05) is 35.0 Å². The molecule has 1 N–H and O–H groups in total. The Labute approximate surface area is 218 Å². The van der Waals surface area contributed by atoms with Crippen molar-refractivity contribution in [3.05, 3.63) is 35.5 Å². The average Bonchev–Trinajstić information content (AvgIpc) is 2.80. The van der Waals surface area contributed by atoms with Crippen LogP contribution in [0.5, 0.6) is 0 Å². The molecule has 1 saturated heterocycles. The number of carbonyl (C=O) groups is 1. The summed E-state index contributed by atoms with van der Waals surface area (Å²) in [6, 6.07) is 5.43. The molecule has 4 rings (SSSR count). The molecule has 2 aliphatic rings. The van der Waals surface area contributed by atoms with E-state index in [9.17, 15) is 22.2 Å². The number of ketones is 1. The van der Waals surface area contributed by atoms with Crippen molar-refractivity contribution >= 4 is 34.0 Å². The van der Waals surface area contributed by atoms with Crippen molar-refractivity contribution in [2.24, 2.45) is 11.3 Å². The molecule has 6 nitrogen and oxygen atoms in total. The Morgan fingerprint density at radius 1 is 1.24 bits per heavy atom. The molecule has 0 radical (unpaired) electrons. The van der Waals surface area contributed by atoms with Crippen LogP contribution in [0.2, 0.25) is 0 Å². The Balaban J connectivity index is 1.53. The van der Waals surface area contributed by atoms with Crippen LogP contribution < -0.4 is 10.2 Å². The summed E-state index contributed by atoms with van der Waals surface area (Å²) in [5, 5.41) is 3.17. The van der Waals surface area contributed by atoms with E-state index in [0.717, 1.165) is 42.3 Å². The van der Waals surface area contributed by atoms with Gasteiger partial charge >= 0.3 is 6.18 Å². The zero-order valence-corrected chi connectivity index (χ0v) is 22.6. The van der Waals surface area contributed by atoms with Crippen molar-refractivity contribution in [2.45, 2.75) is 82.5 Å². The van der Waals surface area contributed by atoms with Crippen LogP contribution in [0, 0.1) is 18.3 Å². The first-order valence-electron chi connectivity index (χ1n) is 12.9. The van der Waals surface area contributed by atoms with Crippen molar-refractivity contribution in [3.8, 4) is 0 Å². The highest BCUT2D eigenvalue weighted by molar-refractivity contribution is 7.85. The van der Waals surface area contributed by atoms with Crippen molar-refractivity contribution in [3.63, 3.8) is 0 Å². The molecule has 2 fully saturated rings. The molecule has 10 heteroatoms. The van der Waals surface area contributed by atoms with E-state index in [-0.39, 0.29) is 35.3 Å². The van der Waals surface area contributed by atoms with E-state index in [0.29, 0.717) is 24.1 Å². The number of nitrogens with one attached hydrogen (secondary N) is 1. The number of carbonyl (C=O) groups excluding carboxylic acids is 1. The van der Waals surface area contributed by atoms with Gasteiger partial charge < -0.3 is 10.2 Å². The summed E-state index contributed by atoms with van der Waals surface area (Å²) in [5.41, 5.74) is 0.776. The zero-order chi connectivity index (χ0) is 27.0. The van der Waals surface area contributed by atoms with Gasteiger partial charge in [-0.2, -0.15) is 18.2 Å². The molecule has 1 aliphatic heterocycles. The second-order valence-electron chi connectivity index (χ2n) is 10.7. The maximum atomic E-state index is 13.7. The second-order valence-corrected chi connectivity index (χ2v) is 12.4. The number of halogens is 3. The molecule has 0 bridgehead atoms. The van der Waals surface area contributed by atoms with E-state index >= 15 is 0 Å². The molecule has 1 aromatic carbocycles. The van der Waals surface area contributed by atoms with Crippen LogP contribution in [0.3, 0.4) is 0 Å². The molecule has 2 atom stereocenters. The van der Waals surface area contributed by atoms with E-state index < -0.39 is 22.5 Å². The summed E-state index contributed by atoms with van der Waals surface area (Å²) in [6.45, 7) is 8.28. The highest BCUT2D eigenvalue weighted by Gasteiger charge is 2.45. The monoisotopic (exact) mass is 536 g/mol. The van der Waals surface area contributed by atoms with Crippen molar-refractivity contribution in [2.75, 3.05) is 23.3 Å². The van der Waals surface area contributed by atoms with Crippen LogP contribution in [0.4, 0.5) is 30.6 Å². The van der Waals surface area contributed by atoms with Gasteiger partial charge in [-0.25, -0.2) is 4.98 Å². The number of hydrogen-bond donors (Lipinski definition) is 1. The van der Waals surface area contributed by atoms with Crippen LogP contribution in [0.15, 0.2) is 29.3 Å². The number of anilines is 3. The topological polar surface area (TPSA) is 75.2 Å². The Morgan fingerprint density at radius 3 is 2.57 bits per heavy atom. The van der Waals surface area contributed by atoms with Gasteiger partial charge in [-0.1, -0.05) is 33.6 Å². The standard InChI is InChI=1S/C27H35F3N4O2S/c1-5-9-26(6-2)12-21(13-26)37(36)20-7-8-23(18(4)11-20)32-25-31-14-22(27(28,29)30)24(33-25)34-15-17(3)10-19(35)16-34/h7-8,11,14,17,21H,5-6,9-10,12-13,15-16H2,1-4H3,(H,31,32,33). The SMILES string of the molecule is CCCC1(CC)CC(S(=O)c2ccc(Nc3ncc(C(F)(F)F)c(N4CC(=O)CC(C)C4)n3)c(C)c2)C1. The fraction of sp³-hybridized carbons (Fsp3) is 0.593. The highest BCUT2D eigenvalue weighted by Crippen LogP contribution is 2.50.